The van der Waals surface area contributed by atoms with E-state index in [2.05, 4.69) is 15.5 Å². The maximum atomic E-state index is 12.3. The zero-order chi connectivity index (χ0) is 14.5. The van der Waals surface area contributed by atoms with Crippen molar-refractivity contribution in [2.75, 3.05) is 5.32 Å². The van der Waals surface area contributed by atoms with Crippen molar-refractivity contribution in [3.05, 3.63) is 24.4 Å². The molecular weight excluding hydrogens is 258 g/mol. The van der Waals surface area contributed by atoms with Crippen LogP contribution in [-0.4, -0.2) is 27.2 Å². The van der Waals surface area contributed by atoms with Crippen LogP contribution in [0, 0.1) is 17.3 Å². The van der Waals surface area contributed by atoms with E-state index in [1.165, 1.54) is 0 Å². The number of nitrogens with zero attached hydrogens (tertiary/aromatic N) is 1. The predicted octanol–water partition coefficient (Wildman–Crippen LogP) is 1.86. The second-order valence-corrected chi connectivity index (χ2v) is 5.74. The fourth-order valence-electron chi connectivity index (χ4n) is 2.87. The van der Waals surface area contributed by atoms with Crippen molar-refractivity contribution in [1.82, 2.24) is 10.2 Å². The van der Waals surface area contributed by atoms with Crippen molar-refractivity contribution in [3.63, 3.8) is 0 Å². The highest BCUT2D eigenvalue weighted by Gasteiger charge is 2.65. The SMILES string of the molecule is CC1(C)C(C(=O)O)C1C(=O)Nc1cccc2cn[nH]c12. The maximum absolute atomic E-state index is 12.3. The van der Waals surface area contributed by atoms with Crippen LogP contribution < -0.4 is 5.32 Å². The Bertz CT molecular complexity index is 705. The third-order valence-corrected chi connectivity index (χ3v) is 4.11. The second-order valence-electron chi connectivity index (χ2n) is 5.74. The Hall–Kier alpha value is -2.37. The first kappa shape index (κ1) is 12.7. The highest BCUT2D eigenvalue weighted by molar-refractivity contribution is 6.04. The van der Waals surface area contributed by atoms with E-state index in [1.54, 1.807) is 26.1 Å². The molecule has 2 atom stereocenters. The minimum absolute atomic E-state index is 0.260. The standard InChI is InChI=1S/C14H15N3O3/c1-14(2)9(10(14)13(19)20)12(18)16-8-5-3-4-7-6-15-17-11(7)8/h3-6,9-10H,1-2H3,(H,15,17)(H,16,18)(H,19,20). The zero-order valence-corrected chi connectivity index (χ0v) is 11.2. The number of benzene rings is 1. The third-order valence-electron chi connectivity index (χ3n) is 4.11. The minimum Gasteiger partial charge on any atom is -0.481 e. The number of fused-ring (bicyclic) bond motifs is 1. The van der Waals surface area contributed by atoms with Gasteiger partial charge < -0.3 is 10.4 Å². The predicted molar refractivity (Wildman–Crippen MR) is 73.1 cm³/mol. The summed E-state index contributed by atoms with van der Waals surface area (Å²) in [5.74, 6) is -2.30. The Morgan fingerprint density at radius 2 is 2.10 bits per heavy atom. The van der Waals surface area contributed by atoms with Crippen molar-refractivity contribution in [2.24, 2.45) is 17.3 Å². The van der Waals surface area contributed by atoms with Crippen LogP contribution in [0.3, 0.4) is 0 Å². The van der Waals surface area contributed by atoms with Crippen LogP contribution in [0.2, 0.25) is 0 Å². The van der Waals surface area contributed by atoms with Crippen LogP contribution in [0.5, 0.6) is 0 Å². The van der Waals surface area contributed by atoms with Gasteiger partial charge >= 0.3 is 5.97 Å². The van der Waals surface area contributed by atoms with Crippen molar-refractivity contribution < 1.29 is 14.7 Å². The minimum atomic E-state index is -0.921. The smallest absolute Gasteiger partial charge is 0.307 e. The molecule has 20 heavy (non-hydrogen) atoms. The summed E-state index contributed by atoms with van der Waals surface area (Å²) in [6, 6.07) is 5.47. The summed E-state index contributed by atoms with van der Waals surface area (Å²) in [5.41, 5.74) is 0.862. The molecule has 1 saturated carbocycles. The van der Waals surface area contributed by atoms with Gasteiger partial charge in [0.15, 0.2) is 0 Å². The van der Waals surface area contributed by atoms with Gasteiger partial charge in [-0.3, -0.25) is 14.7 Å². The molecule has 104 valence electrons. The molecule has 0 aliphatic heterocycles. The number of aromatic nitrogens is 2. The summed E-state index contributed by atoms with van der Waals surface area (Å²) >= 11 is 0. The Morgan fingerprint density at radius 1 is 1.35 bits per heavy atom. The number of rotatable bonds is 3. The van der Waals surface area contributed by atoms with Crippen molar-refractivity contribution in [3.8, 4) is 0 Å². The van der Waals surface area contributed by atoms with Gasteiger partial charge in [0.25, 0.3) is 0 Å². The molecule has 1 heterocycles. The molecule has 3 rings (SSSR count). The largest absolute Gasteiger partial charge is 0.481 e. The molecule has 1 aliphatic rings. The molecule has 0 bridgehead atoms. The summed E-state index contributed by atoms with van der Waals surface area (Å²) in [7, 11) is 0. The van der Waals surface area contributed by atoms with E-state index in [-0.39, 0.29) is 5.91 Å². The molecule has 3 N–H and O–H groups in total. The molecule has 0 saturated heterocycles. The summed E-state index contributed by atoms with van der Waals surface area (Å²) in [5, 5.41) is 19.6. The Kier molecular flexibility index (Phi) is 2.57. The van der Waals surface area contributed by atoms with Gasteiger partial charge in [0, 0.05) is 5.39 Å². The molecule has 1 aliphatic carbocycles. The van der Waals surface area contributed by atoms with Crippen molar-refractivity contribution in [2.45, 2.75) is 13.8 Å². The Morgan fingerprint density at radius 3 is 2.75 bits per heavy atom. The number of nitrogens with one attached hydrogen (secondary N) is 2. The van der Waals surface area contributed by atoms with Gasteiger partial charge in [0.05, 0.1) is 29.2 Å². The first-order valence-corrected chi connectivity index (χ1v) is 6.38. The molecule has 0 radical (unpaired) electrons. The molecule has 2 aromatic rings. The number of carbonyl (C=O) groups excluding carboxylic acids is 1. The van der Waals surface area contributed by atoms with E-state index in [4.69, 9.17) is 5.11 Å². The molecule has 6 heteroatoms. The average molecular weight is 273 g/mol. The van der Waals surface area contributed by atoms with Crippen molar-refractivity contribution in [1.29, 1.82) is 0 Å². The number of carboxylic acids is 1. The third kappa shape index (κ3) is 1.76. The van der Waals surface area contributed by atoms with Gasteiger partial charge in [-0.05, 0) is 11.5 Å². The number of para-hydroxylation sites is 1. The van der Waals surface area contributed by atoms with Crippen LogP contribution in [0.1, 0.15) is 13.8 Å². The lowest BCUT2D eigenvalue weighted by atomic mass is 10.1. The topological polar surface area (TPSA) is 95.1 Å². The normalized spacial score (nSPS) is 23.5. The maximum Gasteiger partial charge on any atom is 0.307 e. The number of hydrogen-bond acceptors (Lipinski definition) is 3. The lowest BCUT2D eigenvalue weighted by Gasteiger charge is -2.06. The Balaban J connectivity index is 1.84. The van der Waals surface area contributed by atoms with Crippen molar-refractivity contribution >= 4 is 28.5 Å². The van der Waals surface area contributed by atoms with E-state index >= 15 is 0 Å². The summed E-state index contributed by atoms with van der Waals surface area (Å²) in [6.45, 7) is 3.60. The van der Waals surface area contributed by atoms with Gasteiger partial charge in [0.1, 0.15) is 0 Å². The number of aliphatic carboxylic acids is 1. The Labute approximate surface area is 115 Å². The quantitative estimate of drug-likeness (QED) is 0.795. The summed E-state index contributed by atoms with van der Waals surface area (Å²) in [6.07, 6.45) is 1.67. The van der Waals surface area contributed by atoms with Gasteiger partial charge in [-0.1, -0.05) is 26.0 Å². The molecular formula is C14H15N3O3. The van der Waals surface area contributed by atoms with Gasteiger partial charge in [-0.2, -0.15) is 5.10 Å². The molecule has 1 amide bonds. The number of carboxylic acid groups (broad SMARTS) is 1. The monoisotopic (exact) mass is 273 g/mol. The van der Waals surface area contributed by atoms with Gasteiger partial charge in [-0.15, -0.1) is 0 Å². The number of H-pyrrole nitrogens is 1. The summed E-state index contributed by atoms with van der Waals surface area (Å²) in [4.78, 5) is 23.4. The number of aromatic amines is 1. The molecule has 1 aromatic carbocycles. The van der Waals surface area contributed by atoms with E-state index in [0.29, 0.717) is 5.69 Å². The highest BCUT2D eigenvalue weighted by Crippen LogP contribution is 2.58. The fraction of sp³-hybridized carbons (Fsp3) is 0.357. The number of carbonyl (C=O) groups is 2. The number of amides is 1. The zero-order valence-electron chi connectivity index (χ0n) is 11.2. The molecule has 0 spiro atoms. The van der Waals surface area contributed by atoms with E-state index in [9.17, 15) is 9.59 Å². The van der Waals surface area contributed by atoms with Crippen LogP contribution >= 0.6 is 0 Å². The van der Waals surface area contributed by atoms with E-state index < -0.39 is 23.2 Å². The number of anilines is 1. The van der Waals surface area contributed by atoms with Gasteiger partial charge in [0.2, 0.25) is 5.91 Å². The lowest BCUT2D eigenvalue weighted by Crippen LogP contribution is -2.18. The highest BCUT2D eigenvalue weighted by atomic mass is 16.4. The first-order chi connectivity index (χ1) is 9.43. The van der Waals surface area contributed by atoms with Gasteiger partial charge in [-0.25, -0.2) is 0 Å². The number of hydrogen-bond donors (Lipinski definition) is 3. The molecule has 1 fully saturated rings. The van der Waals surface area contributed by atoms with Crippen LogP contribution in [-0.2, 0) is 9.59 Å². The summed E-state index contributed by atoms with van der Waals surface area (Å²) < 4.78 is 0. The molecule has 6 nitrogen and oxygen atoms in total. The second kappa shape index (κ2) is 4.06. The fourth-order valence-corrected chi connectivity index (χ4v) is 2.87. The lowest BCUT2D eigenvalue weighted by molar-refractivity contribution is -0.140. The van der Waals surface area contributed by atoms with Crippen LogP contribution in [0.15, 0.2) is 24.4 Å². The van der Waals surface area contributed by atoms with Crippen LogP contribution in [0.25, 0.3) is 10.9 Å². The van der Waals surface area contributed by atoms with Crippen LogP contribution in [0.4, 0.5) is 5.69 Å². The molecule has 1 aromatic heterocycles. The first-order valence-electron chi connectivity index (χ1n) is 6.38. The van der Waals surface area contributed by atoms with E-state index in [1.807, 2.05) is 12.1 Å². The van der Waals surface area contributed by atoms with E-state index in [0.717, 1.165) is 10.9 Å². The average Bonchev–Trinajstić information content (AvgIpc) is 2.73. The molecule has 2 unspecified atom stereocenters.